The lowest BCUT2D eigenvalue weighted by molar-refractivity contribution is 0.288. The fourth-order valence-corrected chi connectivity index (χ4v) is 2.20. The summed E-state index contributed by atoms with van der Waals surface area (Å²) in [5.74, 6) is 2.20. The standard InChI is InChI=1S/C17H20N2O4/c1-18-13(9-16(20)19(2)17(18)21)11-23-15-7-5-14(6-8-15)22-10-12-3-4-12/h5-9,12H,3-4,10-11H2,1-2H3. The predicted octanol–water partition coefficient (Wildman–Crippen LogP) is 1.45. The third kappa shape index (κ3) is 3.64. The second-order valence-electron chi connectivity index (χ2n) is 5.89. The van der Waals surface area contributed by atoms with Gasteiger partial charge >= 0.3 is 5.69 Å². The van der Waals surface area contributed by atoms with Crippen LogP contribution in [0.5, 0.6) is 11.5 Å². The lowest BCUT2D eigenvalue weighted by atomic mass is 10.3. The Morgan fingerprint density at radius 3 is 2.22 bits per heavy atom. The van der Waals surface area contributed by atoms with Crippen molar-refractivity contribution in [2.75, 3.05) is 6.61 Å². The highest BCUT2D eigenvalue weighted by Gasteiger charge is 2.21. The Balaban J connectivity index is 1.64. The Bertz CT molecular complexity index is 801. The van der Waals surface area contributed by atoms with Gasteiger partial charge in [0.25, 0.3) is 5.56 Å². The van der Waals surface area contributed by atoms with Crippen molar-refractivity contribution in [3.05, 3.63) is 56.9 Å². The minimum absolute atomic E-state index is 0.157. The van der Waals surface area contributed by atoms with E-state index in [0.717, 1.165) is 16.9 Å². The molecule has 23 heavy (non-hydrogen) atoms. The van der Waals surface area contributed by atoms with Crippen LogP contribution in [0, 0.1) is 5.92 Å². The predicted molar refractivity (Wildman–Crippen MR) is 85.9 cm³/mol. The summed E-state index contributed by atoms with van der Waals surface area (Å²) in [4.78, 5) is 23.5. The molecule has 1 aliphatic carbocycles. The molecule has 6 heteroatoms. The lowest BCUT2D eigenvalue weighted by Gasteiger charge is -2.11. The van der Waals surface area contributed by atoms with Crippen molar-refractivity contribution < 1.29 is 9.47 Å². The number of hydrogen-bond acceptors (Lipinski definition) is 4. The molecule has 0 bridgehead atoms. The molecule has 1 aromatic carbocycles. The van der Waals surface area contributed by atoms with Gasteiger partial charge < -0.3 is 9.47 Å². The van der Waals surface area contributed by atoms with E-state index in [4.69, 9.17) is 9.47 Å². The molecule has 1 heterocycles. The van der Waals surface area contributed by atoms with Crippen LogP contribution in [0.4, 0.5) is 0 Å². The van der Waals surface area contributed by atoms with E-state index in [0.29, 0.717) is 17.4 Å². The summed E-state index contributed by atoms with van der Waals surface area (Å²) in [6, 6.07) is 8.78. The number of nitrogens with zero attached hydrogens (tertiary/aromatic N) is 2. The summed E-state index contributed by atoms with van der Waals surface area (Å²) in [5.41, 5.74) is -0.164. The van der Waals surface area contributed by atoms with E-state index in [2.05, 4.69) is 0 Å². The van der Waals surface area contributed by atoms with Gasteiger partial charge in [-0.25, -0.2) is 4.79 Å². The Morgan fingerprint density at radius 2 is 1.61 bits per heavy atom. The van der Waals surface area contributed by atoms with Gasteiger partial charge in [0.15, 0.2) is 0 Å². The first-order chi connectivity index (χ1) is 11.0. The fraction of sp³-hybridized carbons (Fsp3) is 0.412. The minimum Gasteiger partial charge on any atom is -0.493 e. The molecule has 0 aliphatic heterocycles. The van der Waals surface area contributed by atoms with Crippen molar-refractivity contribution in [3.63, 3.8) is 0 Å². The quantitative estimate of drug-likeness (QED) is 0.809. The largest absolute Gasteiger partial charge is 0.493 e. The van der Waals surface area contributed by atoms with E-state index in [1.807, 2.05) is 24.3 Å². The molecule has 0 N–H and O–H groups in total. The first-order valence-corrected chi connectivity index (χ1v) is 7.66. The maximum atomic E-state index is 11.9. The van der Waals surface area contributed by atoms with Gasteiger partial charge in [0.05, 0.1) is 12.3 Å². The van der Waals surface area contributed by atoms with Crippen LogP contribution in [-0.4, -0.2) is 15.7 Å². The average Bonchev–Trinajstić information content (AvgIpc) is 3.38. The molecule has 6 nitrogen and oxygen atoms in total. The molecule has 0 atom stereocenters. The summed E-state index contributed by atoms with van der Waals surface area (Å²) in [6.45, 7) is 0.930. The molecule has 2 aromatic rings. The SMILES string of the molecule is Cn1c(COc2ccc(OCC3CC3)cc2)cc(=O)n(C)c1=O. The zero-order valence-electron chi connectivity index (χ0n) is 13.3. The Hall–Kier alpha value is -2.50. The van der Waals surface area contributed by atoms with Gasteiger partial charge in [0.1, 0.15) is 18.1 Å². The van der Waals surface area contributed by atoms with Gasteiger partial charge in [-0.15, -0.1) is 0 Å². The van der Waals surface area contributed by atoms with Gasteiger partial charge in [-0.2, -0.15) is 0 Å². The first-order valence-electron chi connectivity index (χ1n) is 7.66. The zero-order chi connectivity index (χ0) is 16.4. The summed E-state index contributed by atoms with van der Waals surface area (Å²) in [5, 5.41) is 0. The van der Waals surface area contributed by atoms with Crippen LogP contribution in [-0.2, 0) is 20.7 Å². The first kappa shape index (κ1) is 15.4. The normalized spacial score (nSPS) is 13.8. The summed E-state index contributed by atoms with van der Waals surface area (Å²) >= 11 is 0. The monoisotopic (exact) mass is 316 g/mol. The van der Waals surface area contributed by atoms with Crippen LogP contribution in [0.1, 0.15) is 18.5 Å². The molecule has 1 aliphatic rings. The number of rotatable bonds is 6. The van der Waals surface area contributed by atoms with Crippen molar-refractivity contribution >= 4 is 0 Å². The van der Waals surface area contributed by atoms with Crippen LogP contribution in [0.25, 0.3) is 0 Å². The molecular formula is C17H20N2O4. The molecule has 0 amide bonds. The van der Waals surface area contributed by atoms with Gasteiger partial charge in [0, 0.05) is 20.2 Å². The van der Waals surface area contributed by atoms with E-state index in [1.54, 1.807) is 7.05 Å². The van der Waals surface area contributed by atoms with Crippen LogP contribution in [0.2, 0.25) is 0 Å². The van der Waals surface area contributed by atoms with E-state index in [-0.39, 0.29) is 17.9 Å². The summed E-state index contributed by atoms with van der Waals surface area (Å²) in [6.07, 6.45) is 2.52. The van der Waals surface area contributed by atoms with Crippen molar-refractivity contribution in [1.29, 1.82) is 0 Å². The number of aromatic nitrogens is 2. The highest BCUT2D eigenvalue weighted by molar-refractivity contribution is 5.31. The third-order valence-corrected chi connectivity index (χ3v) is 4.02. The van der Waals surface area contributed by atoms with Gasteiger partial charge in [-0.05, 0) is 43.0 Å². The molecule has 1 aromatic heterocycles. The maximum absolute atomic E-state index is 11.9. The minimum atomic E-state index is -0.361. The Labute approximate surface area is 133 Å². The fourth-order valence-electron chi connectivity index (χ4n) is 2.20. The molecule has 0 saturated heterocycles. The van der Waals surface area contributed by atoms with E-state index >= 15 is 0 Å². The smallest absolute Gasteiger partial charge is 0.330 e. The van der Waals surface area contributed by atoms with Gasteiger partial charge in [-0.3, -0.25) is 13.9 Å². The van der Waals surface area contributed by atoms with E-state index in [1.165, 1.54) is 30.5 Å². The zero-order valence-corrected chi connectivity index (χ0v) is 13.3. The molecule has 0 spiro atoms. The van der Waals surface area contributed by atoms with Gasteiger partial charge in [-0.1, -0.05) is 0 Å². The molecule has 0 unspecified atom stereocenters. The lowest BCUT2D eigenvalue weighted by Crippen LogP contribution is -2.38. The number of benzene rings is 1. The summed E-state index contributed by atoms with van der Waals surface area (Å²) < 4.78 is 13.8. The average molecular weight is 316 g/mol. The highest BCUT2D eigenvalue weighted by atomic mass is 16.5. The summed E-state index contributed by atoms with van der Waals surface area (Å²) in [7, 11) is 3.07. The van der Waals surface area contributed by atoms with E-state index in [9.17, 15) is 9.59 Å². The topological polar surface area (TPSA) is 62.5 Å². The van der Waals surface area contributed by atoms with Crippen molar-refractivity contribution in [3.8, 4) is 11.5 Å². The van der Waals surface area contributed by atoms with Crippen molar-refractivity contribution in [1.82, 2.24) is 9.13 Å². The number of hydrogen-bond donors (Lipinski definition) is 0. The van der Waals surface area contributed by atoms with Crippen LogP contribution in [0.3, 0.4) is 0 Å². The third-order valence-electron chi connectivity index (χ3n) is 4.02. The van der Waals surface area contributed by atoms with Gasteiger partial charge in [0.2, 0.25) is 0 Å². The molecule has 0 radical (unpaired) electrons. The van der Waals surface area contributed by atoms with Crippen LogP contribution in [0.15, 0.2) is 39.9 Å². The molecule has 3 rings (SSSR count). The van der Waals surface area contributed by atoms with Crippen molar-refractivity contribution in [2.24, 2.45) is 20.0 Å². The van der Waals surface area contributed by atoms with Crippen LogP contribution >= 0.6 is 0 Å². The number of ether oxygens (including phenoxy) is 2. The highest BCUT2D eigenvalue weighted by Crippen LogP contribution is 2.29. The molecule has 1 saturated carbocycles. The Kier molecular flexibility index (Phi) is 4.23. The molecular weight excluding hydrogens is 296 g/mol. The molecule has 122 valence electrons. The van der Waals surface area contributed by atoms with E-state index < -0.39 is 0 Å². The van der Waals surface area contributed by atoms with Crippen LogP contribution < -0.4 is 20.7 Å². The second-order valence-corrected chi connectivity index (χ2v) is 5.89. The Morgan fingerprint density at radius 1 is 1.00 bits per heavy atom. The second kappa shape index (κ2) is 6.32. The molecule has 1 fully saturated rings. The maximum Gasteiger partial charge on any atom is 0.330 e. The van der Waals surface area contributed by atoms with Crippen molar-refractivity contribution in [2.45, 2.75) is 19.4 Å².